The van der Waals surface area contributed by atoms with Gasteiger partial charge in [0.25, 0.3) is 6.29 Å². The summed E-state index contributed by atoms with van der Waals surface area (Å²) in [5.41, 5.74) is 0. The van der Waals surface area contributed by atoms with Gasteiger partial charge >= 0.3 is 17.9 Å². The number of allylic oxidation sites excluding steroid dienone is 16. The standard InChI is InChI=1S/C85H151NO8/c1-6-8-10-12-14-16-18-20-22-24-26-28-30-32-34-36-37-38-39-40-41-42-43-44-45-46-47-48-50-52-54-56-58-60-62-64-66-68-70-72-74-76-83(88)94-81(80-93-85(84(89)90)91-78-77-86(3,4)5)79-92-82(87)75-73-71-69-67-65-63-61-59-57-55-53-51-49-35-33-31-29-27-25-23-21-19-17-15-13-11-9-7-2/h8,10,14,16,20,22,26,28,32,34,37-38,40-41,43-44,81,85H,6-7,9,11-13,15,17-19,21,23-25,27,29-31,33,35-36,39,42,45-80H2,1-5H3/p+1/b10-8-,16-14-,22-20-,28-26-,34-32-,38-37-,41-40-,44-43-. The van der Waals surface area contributed by atoms with Gasteiger partial charge in [-0.1, -0.05) is 374 Å². The first kappa shape index (κ1) is 90.2. The molecule has 0 aliphatic rings. The summed E-state index contributed by atoms with van der Waals surface area (Å²) in [6.07, 6.45) is 101. The number of hydrogen-bond donors (Lipinski definition) is 1. The Morgan fingerprint density at radius 3 is 0.904 bits per heavy atom. The number of carboxylic acids is 1. The predicted octanol–water partition coefficient (Wildman–Crippen LogP) is 25.5. The van der Waals surface area contributed by atoms with Gasteiger partial charge in [0, 0.05) is 12.8 Å². The number of quaternary nitrogens is 1. The maximum absolute atomic E-state index is 13.0. The Morgan fingerprint density at radius 2 is 0.606 bits per heavy atom. The lowest BCUT2D eigenvalue weighted by Gasteiger charge is -2.25. The highest BCUT2D eigenvalue weighted by atomic mass is 16.7. The molecule has 0 rings (SSSR count). The Morgan fingerprint density at radius 1 is 0.330 bits per heavy atom. The van der Waals surface area contributed by atoms with Gasteiger partial charge in [0.1, 0.15) is 13.2 Å². The molecular formula is C85H152NO8+. The molecule has 0 aliphatic carbocycles. The Labute approximate surface area is 582 Å². The monoisotopic (exact) mass is 1320 g/mol. The maximum Gasteiger partial charge on any atom is 0.361 e. The Balaban J connectivity index is 4.02. The summed E-state index contributed by atoms with van der Waals surface area (Å²) in [5, 5.41) is 9.77. The van der Waals surface area contributed by atoms with Crippen LogP contribution < -0.4 is 0 Å². The quantitative estimate of drug-likeness (QED) is 0.0211. The molecule has 1 N–H and O–H groups in total. The minimum atomic E-state index is -1.51. The number of hydrogen-bond acceptors (Lipinski definition) is 7. The number of aliphatic carboxylic acids is 1. The molecule has 2 atom stereocenters. The topological polar surface area (TPSA) is 108 Å². The number of ether oxygens (including phenoxy) is 4. The highest BCUT2D eigenvalue weighted by Crippen LogP contribution is 2.19. The van der Waals surface area contributed by atoms with E-state index in [-0.39, 0.29) is 38.2 Å². The van der Waals surface area contributed by atoms with Crippen molar-refractivity contribution >= 4 is 17.9 Å². The first-order valence-electron chi connectivity index (χ1n) is 39.9. The zero-order valence-corrected chi connectivity index (χ0v) is 62.4. The van der Waals surface area contributed by atoms with Crippen molar-refractivity contribution in [3.8, 4) is 0 Å². The first-order chi connectivity index (χ1) is 46.1. The van der Waals surface area contributed by atoms with Crippen LogP contribution in [0, 0.1) is 0 Å². The summed E-state index contributed by atoms with van der Waals surface area (Å²) >= 11 is 0. The van der Waals surface area contributed by atoms with Gasteiger partial charge in [-0.3, -0.25) is 9.59 Å². The second kappa shape index (κ2) is 75.0. The fraction of sp³-hybridized carbons (Fsp3) is 0.776. The number of likely N-dealkylation sites (N-methyl/N-ethyl adjacent to an activating group) is 1. The Hall–Kier alpha value is -3.79. The minimum Gasteiger partial charge on any atom is -0.477 e. The average molecular weight is 1320 g/mol. The molecule has 94 heavy (non-hydrogen) atoms. The van der Waals surface area contributed by atoms with E-state index in [1.807, 2.05) is 21.1 Å². The molecule has 0 heterocycles. The molecule has 9 heteroatoms. The number of esters is 2. The molecule has 9 nitrogen and oxygen atoms in total. The van der Waals surface area contributed by atoms with Gasteiger partial charge in [0.05, 0.1) is 34.4 Å². The lowest BCUT2D eigenvalue weighted by Crippen LogP contribution is -2.40. The number of carbonyl (C=O) groups is 3. The van der Waals surface area contributed by atoms with Crippen molar-refractivity contribution in [1.82, 2.24) is 0 Å². The van der Waals surface area contributed by atoms with Gasteiger partial charge < -0.3 is 28.5 Å². The molecule has 2 unspecified atom stereocenters. The van der Waals surface area contributed by atoms with Crippen LogP contribution in [0.25, 0.3) is 0 Å². The summed E-state index contributed by atoms with van der Waals surface area (Å²) in [6.45, 7) is 4.82. The van der Waals surface area contributed by atoms with Crippen molar-refractivity contribution in [1.29, 1.82) is 0 Å². The van der Waals surface area contributed by atoms with Gasteiger partial charge in [0.15, 0.2) is 6.10 Å². The first-order valence-corrected chi connectivity index (χ1v) is 39.9. The highest BCUT2D eigenvalue weighted by molar-refractivity contribution is 5.71. The van der Waals surface area contributed by atoms with Crippen molar-refractivity contribution in [2.75, 3.05) is 47.5 Å². The molecule has 544 valence electrons. The van der Waals surface area contributed by atoms with Crippen molar-refractivity contribution in [3.05, 3.63) is 97.2 Å². The largest absolute Gasteiger partial charge is 0.477 e. The summed E-state index contributed by atoms with van der Waals surface area (Å²) < 4.78 is 23.1. The number of carbonyl (C=O) groups excluding carboxylic acids is 2. The molecule has 0 amide bonds. The SMILES string of the molecule is CC/C=C\C/C=C\C/C=C\C/C=C\C/C=C\C/C=C\C/C=C\C/C=C\CCCCCCCCCCCCCCCCCCC(=O)OC(COC(=O)CCCCCCCCCCCCCCCCCCCCCCCCCCCCCC)COC(OCC[N+](C)(C)C)C(=O)O. The van der Waals surface area contributed by atoms with Crippen LogP contribution in [-0.2, 0) is 33.3 Å². The summed E-state index contributed by atoms with van der Waals surface area (Å²) in [5.74, 6) is -1.98. The van der Waals surface area contributed by atoms with Gasteiger partial charge in [-0.2, -0.15) is 0 Å². The predicted molar refractivity (Wildman–Crippen MR) is 405 cm³/mol. The molecular weight excluding hydrogens is 1160 g/mol. The van der Waals surface area contributed by atoms with Crippen molar-refractivity contribution < 1.29 is 42.9 Å². The number of unbranched alkanes of at least 4 members (excludes halogenated alkanes) is 43. The second-order valence-corrected chi connectivity index (χ2v) is 28.0. The van der Waals surface area contributed by atoms with E-state index in [1.165, 1.54) is 250 Å². The van der Waals surface area contributed by atoms with Crippen LogP contribution in [0.3, 0.4) is 0 Å². The number of rotatable bonds is 74. The maximum atomic E-state index is 13.0. The fourth-order valence-corrected chi connectivity index (χ4v) is 11.6. The highest BCUT2D eigenvalue weighted by Gasteiger charge is 2.25. The summed E-state index contributed by atoms with van der Waals surface area (Å²) in [7, 11) is 5.99. The smallest absolute Gasteiger partial charge is 0.361 e. The molecule has 0 aliphatic heterocycles. The summed E-state index contributed by atoms with van der Waals surface area (Å²) in [4.78, 5) is 37.7. The van der Waals surface area contributed by atoms with Crippen molar-refractivity contribution in [3.63, 3.8) is 0 Å². The van der Waals surface area contributed by atoms with Crippen LogP contribution in [-0.4, -0.2) is 87.4 Å². The van der Waals surface area contributed by atoms with Crippen LogP contribution in [0.5, 0.6) is 0 Å². The molecule has 0 saturated carbocycles. The van der Waals surface area contributed by atoms with E-state index in [0.717, 1.165) is 89.9 Å². The van der Waals surface area contributed by atoms with E-state index < -0.39 is 18.4 Å². The second-order valence-electron chi connectivity index (χ2n) is 28.0. The molecule has 0 aromatic heterocycles. The fourth-order valence-electron chi connectivity index (χ4n) is 11.6. The number of nitrogens with zero attached hydrogens (tertiary/aromatic N) is 1. The lowest BCUT2D eigenvalue weighted by molar-refractivity contribution is -0.870. The van der Waals surface area contributed by atoms with Gasteiger partial charge in [0.2, 0.25) is 0 Å². The normalized spacial score (nSPS) is 13.2. The zero-order valence-electron chi connectivity index (χ0n) is 62.4. The molecule has 0 aromatic carbocycles. The van der Waals surface area contributed by atoms with Gasteiger partial charge in [-0.15, -0.1) is 0 Å². The van der Waals surface area contributed by atoms with Gasteiger partial charge in [-0.05, 0) is 77.0 Å². The molecule has 0 saturated heterocycles. The van der Waals surface area contributed by atoms with E-state index in [1.54, 1.807) is 0 Å². The van der Waals surface area contributed by atoms with Crippen LogP contribution in [0.15, 0.2) is 97.2 Å². The molecule has 0 bridgehead atoms. The zero-order chi connectivity index (χ0) is 68.2. The van der Waals surface area contributed by atoms with Crippen molar-refractivity contribution in [2.45, 2.75) is 379 Å². The number of carboxylic acid groups (broad SMARTS) is 1. The molecule has 0 fully saturated rings. The van der Waals surface area contributed by atoms with E-state index >= 15 is 0 Å². The van der Waals surface area contributed by atoms with E-state index in [2.05, 4.69) is 111 Å². The van der Waals surface area contributed by atoms with Crippen molar-refractivity contribution in [2.24, 2.45) is 0 Å². The van der Waals surface area contributed by atoms with E-state index in [0.29, 0.717) is 17.4 Å². The van der Waals surface area contributed by atoms with Crippen LogP contribution in [0.1, 0.15) is 367 Å². The Kier molecular flexibility index (Phi) is 72.0. The van der Waals surface area contributed by atoms with Crippen LogP contribution in [0.4, 0.5) is 0 Å². The van der Waals surface area contributed by atoms with Crippen LogP contribution in [0.2, 0.25) is 0 Å². The lowest BCUT2D eigenvalue weighted by atomic mass is 10.0. The summed E-state index contributed by atoms with van der Waals surface area (Å²) in [6, 6.07) is 0. The Bertz CT molecular complexity index is 1870. The van der Waals surface area contributed by atoms with E-state index in [4.69, 9.17) is 18.9 Å². The van der Waals surface area contributed by atoms with Gasteiger partial charge in [-0.25, -0.2) is 4.79 Å². The van der Waals surface area contributed by atoms with Crippen LogP contribution >= 0.6 is 0 Å². The third-order valence-corrected chi connectivity index (χ3v) is 17.6. The molecule has 0 aromatic rings. The third kappa shape index (κ3) is 75.6. The average Bonchev–Trinajstić information content (AvgIpc) is 3.42. The molecule has 0 spiro atoms. The van der Waals surface area contributed by atoms with E-state index in [9.17, 15) is 19.5 Å². The molecule has 0 radical (unpaired) electrons. The third-order valence-electron chi connectivity index (χ3n) is 17.6. The minimum absolute atomic E-state index is 0.179.